The van der Waals surface area contributed by atoms with Crippen LogP contribution in [0.1, 0.15) is 5.56 Å². The molecule has 4 heteroatoms. The topological polar surface area (TPSA) is 32.8 Å². The van der Waals surface area contributed by atoms with Crippen LogP contribution in [0.2, 0.25) is 0 Å². The number of hydrogen-bond acceptors (Lipinski definition) is 4. The second-order valence-electron chi connectivity index (χ2n) is 6.35. The molecule has 0 radical (unpaired) electrons. The van der Waals surface area contributed by atoms with Gasteiger partial charge in [-0.25, -0.2) is 0 Å². The lowest BCUT2D eigenvalue weighted by atomic mass is 9.81. The molecule has 1 aromatic rings. The molecule has 1 heterocycles. The first-order valence-electron chi connectivity index (χ1n) is 8.11. The van der Waals surface area contributed by atoms with Crippen LogP contribution in [0.15, 0.2) is 54.3 Å². The van der Waals surface area contributed by atoms with E-state index in [1.165, 1.54) is 5.56 Å². The molecule has 1 aliphatic carbocycles. The molecule has 1 atom stereocenters. The third-order valence-corrected chi connectivity index (χ3v) is 4.71. The quantitative estimate of drug-likeness (QED) is 0.850. The number of carbonyl (C=O) groups excluding carboxylic acids is 1. The van der Waals surface area contributed by atoms with Crippen molar-refractivity contribution < 1.29 is 9.53 Å². The number of morpholine rings is 1. The molecular weight excluding hydrogens is 288 g/mol. The summed E-state index contributed by atoms with van der Waals surface area (Å²) < 4.78 is 5.44. The summed E-state index contributed by atoms with van der Waals surface area (Å²) >= 11 is 0. The SMILES string of the molecule is CN(C)C1(Cc2ccccc2)C=C(N2CCOCC2)C=CC1=O. The van der Waals surface area contributed by atoms with E-state index in [0.717, 1.165) is 32.0 Å². The molecule has 1 unspecified atom stereocenters. The minimum absolute atomic E-state index is 0.142. The Labute approximate surface area is 138 Å². The van der Waals surface area contributed by atoms with Gasteiger partial charge in [0.2, 0.25) is 0 Å². The summed E-state index contributed by atoms with van der Waals surface area (Å²) in [5.74, 6) is 0.142. The number of allylic oxidation sites excluding steroid dienone is 1. The first-order chi connectivity index (χ1) is 11.1. The van der Waals surface area contributed by atoms with Crippen molar-refractivity contribution in [3.8, 4) is 0 Å². The lowest BCUT2D eigenvalue weighted by Gasteiger charge is -2.40. The third-order valence-electron chi connectivity index (χ3n) is 4.71. The number of nitrogens with zero attached hydrogens (tertiary/aromatic N) is 2. The second-order valence-corrected chi connectivity index (χ2v) is 6.35. The molecular formula is C19H24N2O2. The molecule has 0 N–H and O–H groups in total. The number of benzene rings is 1. The van der Waals surface area contributed by atoms with E-state index in [1.54, 1.807) is 6.08 Å². The van der Waals surface area contributed by atoms with Gasteiger partial charge in [-0.1, -0.05) is 30.3 Å². The van der Waals surface area contributed by atoms with E-state index in [-0.39, 0.29) is 5.78 Å². The fourth-order valence-corrected chi connectivity index (χ4v) is 3.24. The first-order valence-corrected chi connectivity index (χ1v) is 8.11. The molecule has 0 saturated carbocycles. The summed E-state index contributed by atoms with van der Waals surface area (Å²) in [4.78, 5) is 17.1. The van der Waals surface area contributed by atoms with Crippen LogP contribution >= 0.6 is 0 Å². The third kappa shape index (κ3) is 3.23. The van der Waals surface area contributed by atoms with Gasteiger partial charge in [-0.05, 0) is 37.9 Å². The summed E-state index contributed by atoms with van der Waals surface area (Å²) in [5.41, 5.74) is 1.67. The highest BCUT2D eigenvalue weighted by Crippen LogP contribution is 2.29. The zero-order valence-corrected chi connectivity index (χ0v) is 13.9. The van der Waals surface area contributed by atoms with Gasteiger partial charge in [0, 0.05) is 25.2 Å². The first kappa shape index (κ1) is 16.0. The van der Waals surface area contributed by atoms with E-state index in [4.69, 9.17) is 4.74 Å². The lowest BCUT2D eigenvalue weighted by molar-refractivity contribution is -0.122. The molecule has 1 saturated heterocycles. The zero-order valence-electron chi connectivity index (χ0n) is 13.9. The van der Waals surface area contributed by atoms with E-state index < -0.39 is 5.54 Å². The van der Waals surface area contributed by atoms with Gasteiger partial charge in [0.1, 0.15) is 5.54 Å². The Hall–Kier alpha value is -1.91. The Morgan fingerprint density at radius 3 is 2.48 bits per heavy atom. The van der Waals surface area contributed by atoms with Gasteiger partial charge in [0.05, 0.1) is 13.2 Å². The average molecular weight is 312 g/mol. The van der Waals surface area contributed by atoms with Crippen LogP contribution in [0.3, 0.4) is 0 Å². The smallest absolute Gasteiger partial charge is 0.180 e. The van der Waals surface area contributed by atoms with Crippen molar-refractivity contribution >= 4 is 5.78 Å². The molecule has 0 amide bonds. The maximum atomic E-state index is 12.8. The van der Waals surface area contributed by atoms with Crippen molar-refractivity contribution in [2.75, 3.05) is 40.4 Å². The summed E-state index contributed by atoms with van der Waals surface area (Å²) in [6, 6.07) is 10.2. The molecule has 0 spiro atoms. The van der Waals surface area contributed by atoms with Crippen molar-refractivity contribution in [2.24, 2.45) is 0 Å². The van der Waals surface area contributed by atoms with Gasteiger partial charge in [-0.15, -0.1) is 0 Å². The average Bonchev–Trinajstić information content (AvgIpc) is 2.58. The van der Waals surface area contributed by atoms with Gasteiger partial charge < -0.3 is 9.64 Å². The van der Waals surface area contributed by atoms with E-state index >= 15 is 0 Å². The second kappa shape index (κ2) is 6.69. The van der Waals surface area contributed by atoms with Crippen molar-refractivity contribution in [1.82, 2.24) is 9.80 Å². The summed E-state index contributed by atoms with van der Waals surface area (Å²) in [7, 11) is 3.96. The Balaban J connectivity index is 1.94. The maximum Gasteiger partial charge on any atom is 0.180 e. The Kier molecular flexibility index (Phi) is 4.64. The van der Waals surface area contributed by atoms with Crippen molar-refractivity contribution in [3.05, 3.63) is 59.8 Å². The highest BCUT2D eigenvalue weighted by molar-refractivity contribution is 6.01. The normalized spacial score (nSPS) is 24.9. The van der Waals surface area contributed by atoms with Crippen LogP contribution in [0, 0.1) is 0 Å². The standard InChI is InChI=1S/C19H24N2O2/c1-20(2)19(14-16-6-4-3-5-7-16)15-17(8-9-18(19)22)21-10-12-23-13-11-21/h3-9,15H,10-14H2,1-2H3. The van der Waals surface area contributed by atoms with Gasteiger partial charge in [-0.2, -0.15) is 0 Å². The predicted molar refractivity (Wildman–Crippen MR) is 91.2 cm³/mol. The Morgan fingerprint density at radius 1 is 1.13 bits per heavy atom. The largest absolute Gasteiger partial charge is 0.378 e. The van der Waals surface area contributed by atoms with Crippen molar-refractivity contribution in [1.29, 1.82) is 0 Å². The number of ketones is 1. The number of likely N-dealkylation sites (N-methyl/N-ethyl adjacent to an activating group) is 1. The van der Waals surface area contributed by atoms with Crippen LogP contribution in [0.4, 0.5) is 0 Å². The summed E-state index contributed by atoms with van der Waals surface area (Å²) in [6.07, 6.45) is 6.49. The van der Waals surface area contributed by atoms with Gasteiger partial charge >= 0.3 is 0 Å². The van der Waals surface area contributed by atoms with Gasteiger partial charge in [0.25, 0.3) is 0 Å². The summed E-state index contributed by atoms with van der Waals surface area (Å²) in [6.45, 7) is 3.23. The van der Waals surface area contributed by atoms with Crippen molar-refractivity contribution in [3.63, 3.8) is 0 Å². The molecule has 2 aliphatic rings. The molecule has 0 aromatic heterocycles. The number of rotatable bonds is 4. The Bertz CT molecular complexity index is 616. The number of ether oxygens (including phenoxy) is 1. The van der Waals surface area contributed by atoms with E-state index in [0.29, 0.717) is 6.42 Å². The Morgan fingerprint density at radius 2 is 1.83 bits per heavy atom. The molecule has 4 nitrogen and oxygen atoms in total. The molecule has 3 rings (SSSR count). The molecule has 23 heavy (non-hydrogen) atoms. The fourth-order valence-electron chi connectivity index (χ4n) is 3.24. The highest BCUT2D eigenvalue weighted by Gasteiger charge is 2.40. The monoisotopic (exact) mass is 312 g/mol. The summed E-state index contributed by atoms with van der Waals surface area (Å²) in [5, 5.41) is 0. The highest BCUT2D eigenvalue weighted by atomic mass is 16.5. The molecule has 0 bridgehead atoms. The van der Waals surface area contributed by atoms with Gasteiger partial charge in [0.15, 0.2) is 5.78 Å². The minimum Gasteiger partial charge on any atom is -0.378 e. The molecule has 1 aliphatic heterocycles. The lowest BCUT2D eigenvalue weighted by Crippen LogP contribution is -2.53. The minimum atomic E-state index is -0.621. The van der Waals surface area contributed by atoms with Crippen LogP contribution in [-0.2, 0) is 16.0 Å². The number of carbonyl (C=O) groups is 1. The molecule has 122 valence electrons. The van der Waals surface area contributed by atoms with Crippen LogP contribution in [0.25, 0.3) is 0 Å². The van der Waals surface area contributed by atoms with E-state index in [2.05, 4.69) is 23.1 Å². The number of hydrogen-bond donors (Lipinski definition) is 0. The van der Waals surface area contributed by atoms with Crippen LogP contribution in [0.5, 0.6) is 0 Å². The predicted octanol–water partition coefficient (Wildman–Crippen LogP) is 1.88. The van der Waals surface area contributed by atoms with Crippen molar-refractivity contribution in [2.45, 2.75) is 12.0 Å². The van der Waals surface area contributed by atoms with Crippen LogP contribution < -0.4 is 0 Å². The van der Waals surface area contributed by atoms with E-state index in [1.807, 2.05) is 43.3 Å². The zero-order chi connectivity index (χ0) is 16.3. The molecule has 1 fully saturated rings. The van der Waals surface area contributed by atoms with Crippen LogP contribution in [-0.4, -0.2) is 61.5 Å². The fraction of sp³-hybridized carbons (Fsp3) is 0.421. The van der Waals surface area contributed by atoms with E-state index in [9.17, 15) is 4.79 Å². The van der Waals surface area contributed by atoms with Gasteiger partial charge in [-0.3, -0.25) is 9.69 Å². The maximum absolute atomic E-state index is 12.8. The molecule has 1 aromatic carbocycles.